The second kappa shape index (κ2) is 12.7. The van der Waals surface area contributed by atoms with Crippen molar-refractivity contribution in [3.8, 4) is 11.1 Å². The molecule has 4 heterocycles. The number of nitrogens with zero attached hydrogens (tertiary/aromatic N) is 4. The molecule has 0 spiro atoms. The van der Waals surface area contributed by atoms with Gasteiger partial charge >= 0.3 is 5.97 Å². The molecule has 7 nitrogen and oxygen atoms in total. The lowest BCUT2D eigenvalue weighted by molar-refractivity contribution is -0.143. The van der Waals surface area contributed by atoms with Crippen LogP contribution in [0.3, 0.4) is 0 Å². The molecule has 0 amide bonds. The van der Waals surface area contributed by atoms with Crippen molar-refractivity contribution in [1.29, 1.82) is 0 Å². The molecule has 4 aromatic rings. The second-order valence-corrected chi connectivity index (χ2v) is 9.44. The number of unbranched alkanes of at least 4 members (excludes halogenated alkanes) is 1. The molecule has 188 valence electrons. The van der Waals surface area contributed by atoms with E-state index in [0.29, 0.717) is 26.2 Å². The van der Waals surface area contributed by atoms with Crippen LogP contribution in [0.15, 0.2) is 59.6 Å². The summed E-state index contributed by atoms with van der Waals surface area (Å²) in [6, 6.07) is 10.2. The molecule has 0 aliphatic carbocycles. The topological polar surface area (TPSA) is 78.6 Å². The zero-order chi connectivity index (χ0) is 25.3. The number of carbonyl (C=O) groups is 1. The minimum absolute atomic E-state index is 0.150. The Morgan fingerprint density at radius 1 is 1.03 bits per heavy atom. The Hall–Kier alpha value is -3.10. The van der Waals surface area contributed by atoms with Gasteiger partial charge in [-0.1, -0.05) is 6.92 Å². The van der Waals surface area contributed by atoms with E-state index in [2.05, 4.69) is 51.0 Å². The quantitative estimate of drug-likeness (QED) is 0.156. The SMILES string of the molecule is CCOC(=O)CCCCc1c(COCc2ccncc2)nn2c(CC)ccc2c1-c1cncc(Br)c1. The van der Waals surface area contributed by atoms with Crippen molar-refractivity contribution in [3.05, 3.63) is 82.1 Å². The number of ether oxygens (including phenoxy) is 2. The largest absolute Gasteiger partial charge is 0.466 e. The van der Waals surface area contributed by atoms with Gasteiger partial charge in [-0.3, -0.25) is 14.8 Å². The molecular formula is C28H31BrN4O3. The molecule has 0 unspecified atom stereocenters. The number of hydrogen-bond acceptors (Lipinski definition) is 6. The fourth-order valence-corrected chi connectivity index (χ4v) is 4.70. The summed E-state index contributed by atoms with van der Waals surface area (Å²) in [6.45, 7) is 5.22. The van der Waals surface area contributed by atoms with Crippen LogP contribution in [0.5, 0.6) is 0 Å². The summed E-state index contributed by atoms with van der Waals surface area (Å²) in [7, 11) is 0. The van der Waals surface area contributed by atoms with E-state index in [9.17, 15) is 4.79 Å². The first-order valence-corrected chi connectivity index (χ1v) is 13.2. The van der Waals surface area contributed by atoms with Gasteiger partial charge in [0.1, 0.15) is 0 Å². The van der Waals surface area contributed by atoms with Crippen LogP contribution >= 0.6 is 15.9 Å². The van der Waals surface area contributed by atoms with Crippen LogP contribution in [0.1, 0.15) is 55.6 Å². The predicted octanol–water partition coefficient (Wildman–Crippen LogP) is 6.11. The first kappa shape index (κ1) is 26.0. The highest BCUT2D eigenvalue weighted by Gasteiger charge is 2.19. The summed E-state index contributed by atoms with van der Waals surface area (Å²) < 4.78 is 14.2. The lowest BCUT2D eigenvalue weighted by atomic mass is 9.95. The van der Waals surface area contributed by atoms with E-state index in [0.717, 1.165) is 69.3 Å². The molecule has 0 saturated heterocycles. The van der Waals surface area contributed by atoms with Crippen LogP contribution < -0.4 is 0 Å². The van der Waals surface area contributed by atoms with Crippen molar-refractivity contribution < 1.29 is 14.3 Å². The van der Waals surface area contributed by atoms with E-state index in [4.69, 9.17) is 14.6 Å². The van der Waals surface area contributed by atoms with Crippen molar-refractivity contribution in [2.45, 2.75) is 59.2 Å². The van der Waals surface area contributed by atoms with E-state index in [-0.39, 0.29) is 5.97 Å². The molecule has 0 aliphatic heterocycles. The van der Waals surface area contributed by atoms with Crippen molar-refractivity contribution in [1.82, 2.24) is 19.6 Å². The molecule has 4 aromatic heterocycles. The number of aryl methyl sites for hydroxylation is 1. The average Bonchev–Trinajstić information content (AvgIpc) is 3.29. The number of carbonyl (C=O) groups excluding carboxylic acids is 1. The maximum Gasteiger partial charge on any atom is 0.305 e. The fourth-order valence-electron chi connectivity index (χ4n) is 4.33. The third-order valence-corrected chi connectivity index (χ3v) is 6.47. The van der Waals surface area contributed by atoms with Gasteiger partial charge in [0, 0.05) is 52.5 Å². The number of hydrogen-bond donors (Lipinski definition) is 0. The Labute approximate surface area is 220 Å². The molecule has 0 bridgehead atoms. The molecule has 0 N–H and O–H groups in total. The summed E-state index contributed by atoms with van der Waals surface area (Å²) >= 11 is 3.58. The van der Waals surface area contributed by atoms with Crippen LogP contribution in [-0.2, 0) is 40.3 Å². The second-order valence-electron chi connectivity index (χ2n) is 8.53. The lowest BCUT2D eigenvalue weighted by Gasteiger charge is -2.18. The Kier molecular flexibility index (Phi) is 9.19. The Bertz CT molecular complexity index is 1310. The molecule has 0 fully saturated rings. The third-order valence-electron chi connectivity index (χ3n) is 6.04. The Balaban J connectivity index is 1.71. The Morgan fingerprint density at radius 2 is 1.86 bits per heavy atom. The standard InChI is InChI=1S/C28H31BrN4O3/c1-3-23-9-10-26-28(21-15-22(29)17-31-16-21)24(7-5-6-8-27(34)36-4-2)25(32-33(23)26)19-35-18-20-11-13-30-14-12-20/h9-17H,3-8,18-19H2,1-2H3. The van der Waals surface area contributed by atoms with Gasteiger partial charge in [0.15, 0.2) is 0 Å². The summed E-state index contributed by atoms with van der Waals surface area (Å²) in [5.41, 5.74) is 7.40. The molecule has 0 aliphatic rings. The van der Waals surface area contributed by atoms with E-state index in [1.165, 1.54) is 0 Å². The minimum Gasteiger partial charge on any atom is -0.466 e. The van der Waals surface area contributed by atoms with Crippen molar-refractivity contribution >= 4 is 27.4 Å². The van der Waals surface area contributed by atoms with Gasteiger partial charge in [0.2, 0.25) is 0 Å². The molecule has 8 heteroatoms. The van der Waals surface area contributed by atoms with Crippen LogP contribution in [0, 0.1) is 0 Å². The van der Waals surface area contributed by atoms with E-state index in [1.54, 1.807) is 18.6 Å². The van der Waals surface area contributed by atoms with Crippen LogP contribution in [0.2, 0.25) is 0 Å². The summed E-state index contributed by atoms with van der Waals surface area (Å²) in [6.07, 6.45) is 10.8. The first-order valence-electron chi connectivity index (χ1n) is 12.4. The highest BCUT2D eigenvalue weighted by Crippen LogP contribution is 2.34. The van der Waals surface area contributed by atoms with E-state index in [1.807, 2.05) is 29.8 Å². The maximum absolute atomic E-state index is 11.9. The van der Waals surface area contributed by atoms with Gasteiger partial charge < -0.3 is 9.47 Å². The molecule has 0 saturated carbocycles. The maximum atomic E-state index is 11.9. The highest BCUT2D eigenvalue weighted by molar-refractivity contribution is 9.10. The average molecular weight is 551 g/mol. The molecule has 0 radical (unpaired) electrons. The van der Waals surface area contributed by atoms with Gasteiger partial charge in [-0.05, 0) is 90.0 Å². The Morgan fingerprint density at radius 3 is 2.61 bits per heavy atom. The first-order chi connectivity index (χ1) is 17.6. The predicted molar refractivity (Wildman–Crippen MR) is 142 cm³/mol. The summed E-state index contributed by atoms with van der Waals surface area (Å²) in [5, 5.41) is 5.04. The highest BCUT2D eigenvalue weighted by atomic mass is 79.9. The van der Waals surface area contributed by atoms with Gasteiger partial charge in [0.05, 0.1) is 31.0 Å². The number of esters is 1. The normalized spacial score (nSPS) is 11.2. The monoisotopic (exact) mass is 550 g/mol. The number of rotatable bonds is 12. The molecular weight excluding hydrogens is 520 g/mol. The summed E-state index contributed by atoms with van der Waals surface area (Å²) in [4.78, 5) is 20.4. The van der Waals surface area contributed by atoms with E-state index >= 15 is 0 Å². The van der Waals surface area contributed by atoms with Crippen LogP contribution in [0.4, 0.5) is 0 Å². The van der Waals surface area contributed by atoms with Gasteiger partial charge in [0.25, 0.3) is 0 Å². The summed E-state index contributed by atoms with van der Waals surface area (Å²) in [5.74, 6) is -0.150. The molecule has 4 rings (SSSR count). The molecule has 0 atom stereocenters. The number of pyridine rings is 2. The van der Waals surface area contributed by atoms with Crippen LogP contribution in [-0.4, -0.2) is 32.2 Å². The minimum atomic E-state index is -0.150. The van der Waals surface area contributed by atoms with E-state index < -0.39 is 0 Å². The molecule has 36 heavy (non-hydrogen) atoms. The number of fused-ring (bicyclic) bond motifs is 1. The van der Waals surface area contributed by atoms with Crippen LogP contribution in [0.25, 0.3) is 16.6 Å². The van der Waals surface area contributed by atoms with Gasteiger partial charge in [-0.15, -0.1) is 0 Å². The zero-order valence-corrected chi connectivity index (χ0v) is 22.3. The smallest absolute Gasteiger partial charge is 0.305 e. The lowest BCUT2D eigenvalue weighted by Crippen LogP contribution is -2.11. The van der Waals surface area contributed by atoms with Gasteiger partial charge in [-0.2, -0.15) is 5.10 Å². The number of halogens is 1. The molecule has 0 aromatic carbocycles. The zero-order valence-electron chi connectivity index (χ0n) is 20.7. The van der Waals surface area contributed by atoms with Crippen molar-refractivity contribution in [3.63, 3.8) is 0 Å². The van der Waals surface area contributed by atoms with Gasteiger partial charge in [-0.25, -0.2) is 4.52 Å². The van der Waals surface area contributed by atoms with Crippen molar-refractivity contribution in [2.24, 2.45) is 0 Å². The third kappa shape index (κ3) is 6.36. The number of aromatic nitrogens is 4. The fraction of sp³-hybridized carbons (Fsp3) is 0.357. The van der Waals surface area contributed by atoms with Crippen molar-refractivity contribution in [2.75, 3.05) is 6.61 Å².